The predicted octanol–water partition coefficient (Wildman–Crippen LogP) is 1.90. The number of fused-ring (bicyclic) bond motifs is 1. The summed E-state index contributed by atoms with van der Waals surface area (Å²) in [5.74, 6) is -1.11. The van der Waals surface area contributed by atoms with Crippen molar-refractivity contribution < 1.29 is 26.8 Å². The average molecular weight is 492 g/mol. The number of carbonyl (C=O) groups excluding carboxylic acids is 1. The zero-order valence-electron chi connectivity index (χ0n) is 18.3. The van der Waals surface area contributed by atoms with Gasteiger partial charge in [-0.2, -0.15) is 4.72 Å². The molecule has 0 aromatic heterocycles. The molecule has 0 saturated carbocycles. The van der Waals surface area contributed by atoms with Crippen LogP contribution in [0, 0.1) is 20.8 Å². The molecule has 33 heavy (non-hydrogen) atoms. The third-order valence-electron chi connectivity index (χ3n) is 5.11. The van der Waals surface area contributed by atoms with Crippen LogP contribution in [0.2, 0.25) is 0 Å². The summed E-state index contributed by atoms with van der Waals surface area (Å²) in [7, 11) is -8.33. The van der Waals surface area contributed by atoms with Crippen LogP contribution in [0.5, 0.6) is 0 Å². The highest BCUT2D eigenvalue weighted by molar-refractivity contribution is 7.90. The third kappa shape index (κ3) is 5.40. The fourth-order valence-electron chi connectivity index (χ4n) is 3.80. The fraction of sp³-hybridized carbons (Fsp3) is 0.227. The minimum Gasteiger partial charge on any atom is -0.289 e. The lowest BCUT2D eigenvalue weighted by atomic mass is 10.1. The number of rotatable bonds is 8. The highest BCUT2D eigenvalue weighted by atomic mass is 32.2. The molecule has 3 aromatic carbocycles. The number of nitrogens with one attached hydrogen (secondary N) is 3. The minimum atomic E-state index is -4.22. The molecule has 0 saturated heterocycles. The van der Waals surface area contributed by atoms with Crippen LogP contribution < -0.4 is 14.9 Å². The van der Waals surface area contributed by atoms with Crippen molar-refractivity contribution in [3.63, 3.8) is 0 Å². The van der Waals surface area contributed by atoms with Gasteiger partial charge in [-0.3, -0.25) is 10.0 Å². The largest absolute Gasteiger partial charge is 0.289 e. The average Bonchev–Trinajstić information content (AvgIpc) is 2.74. The van der Waals surface area contributed by atoms with Gasteiger partial charge in [-0.15, -0.1) is 0 Å². The van der Waals surface area contributed by atoms with Gasteiger partial charge in [0, 0.05) is 11.9 Å². The molecular weight excluding hydrogens is 466 g/mol. The van der Waals surface area contributed by atoms with E-state index in [1.165, 1.54) is 11.5 Å². The van der Waals surface area contributed by atoms with Gasteiger partial charge in [0.05, 0.1) is 9.79 Å². The molecule has 1 unspecified atom stereocenters. The van der Waals surface area contributed by atoms with Gasteiger partial charge in [0.25, 0.3) is 5.91 Å². The smallest absolute Gasteiger partial charge is 0.262 e. The van der Waals surface area contributed by atoms with E-state index in [0.29, 0.717) is 21.9 Å². The Labute approximate surface area is 192 Å². The van der Waals surface area contributed by atoms with Crippen LogP contribution in [-0.4, -0.2) is 40.5 Å². The number of aryl methyl sites for hydroxylation is 3. The first-order chi connectivity index (χ1) is 15.5. The van der Waals surface area contributed by atoms with Gasteiger partial charge in [0.2, 0.25) is 20.0 Å². The van der Waals surface area contributed by atoms with Gasteiger partial charge in [-0.1, -0.05) is 54.1 Å². The molecule has 0 heterocycles. The minimum absolute atomic E-state index is 0.0132. The summed E-state index contributed by atoms with van der Waals surface area (Å²) in [6, 6.07) is 13.4. The quantitative estimate of drug-likeness (QED) is 0.280. The molecule has 1 atom stereocenters. The summed E-state index contributed by atoms with van der Waals surface area (Å²) < 4.78 is 56.5. The van der Waals surface area contributed by atoms with E-state index in [1.807, 2.05) is 6.92 Å². The summed E-state index contributed by atoms with van der Waals surface area (Å²) in [6.45, 7) is 4.45. The molecule has 9 nitrogen and oxygen atoms in total. The van der Waals surface area contributed by atoms with Crippen LogP contribution in [0.4, 0.5) is 0 Å². The fourth-order valence-corrected chi connectivity index (χ4v) is 6.73. The first-order valence-electron chi connectivity index (χ1n) is 9.98. The molecule has 1 amide bonds. The second-order valence-electron chi connectivity index (χ2n) is 7.71. The van der Waals surface area contributed by atoms with E-state index < -0.39 is 38.5 Å². The number of sulfonamides is 2. The first-order valence-corrected chi connectivity index (χ1v) is 12.9. The Hall–Kier alpha value is -2.83. The second-order valence-corrected chi connectivity index (χ2v) is 11.1. The van der Waals surface area contributed by atoms with E-state index in [9.17, 15) is 21.6 Å². The number of hydroxylamine groups is 1. The summed E-state index contributed by atoms with van der Waals surface area (Å²) in [6.07, 6.45) is 0. The normalized spacial score (nSPS) is 13.1. The topological polar surface area (TPSA) is 142 Å². The molecule has 0 bridgehead atoms. The number of amides is 1. The maximum atomic E-state index is 13.0. The van der Waals surface area contributed by atoms with E-state index in [0.717, 1.165) is 5.56 Å². The van der Waals surface area contributed by atoms with Gasteiger partial charge in [-0.25, -0.2) is 27.0 Å². The van der Waals surface area contributed by atoms with Gasteiger partial charge >= 0.3 is 0 Å². The van der Waals surface area contributed by atoms with Crippen molar-refractivity contribution in [3.05, 3.63) is 71.3 Å². The summed E-state index contributed by atoms with van der Waals surface area (Å²) in [5, 5.41) is 10.3. The molecular formula is C22H25N3O6S2. The Morgan fingerprint density at radius 2 is 1.52 bits per heavy atom. The molecule has 0 aliphatic carbocycles. The van der Waals surface area contributed by atoms with Crippen LogP contribution in [0.1, 0.15) is 16.7 Å². The Morgan fingerprint density at radius 1 is 0.909 bits per heavy atom. The van der Waals surface area contributed by atoms with Crippen LogP contribution in [0.3, 0.4) is 0 Å². The molecule has 3 aromatic rings. The van der Waals surface area contributed by atoms with Crippen LogP contribution in [0.15, 0.2) is 64.4 Å². The lowest BCUT2D eigenvalue weighted by molar-refractivity contribution is -0.130. The zero-order chi connectivity index (χ0) is 24.4. The molecule has 0 fully saturated rings. The van der Waals surface area contributed by atoms with E-state index >= 15 is 0 Å². The van der Waals surface area contributed by atoms with Crippen LogP contribution in [0.25, 0.3) is 10.8 Å². The Balaban J connectivity index is 1.90. The van der Waals surface area contributed by atoms with Crippen LogP contribution >= 0.6 is 0 Å². The number of carbonyl (C=O) groups is 1. The number of hydrogen-bond donors (Lipinski definition) is 4. The highest BCUT2D eigenvalue weighted by Gasteiger charge is 2.29. The second kappa shape index (κ2) is 9.57. The van der Waals surface area contributed by atoms with Crippen molar-refractivity contribution in [1.82, 2.24) is 14.9 Å². The number of hydrogen-bond acceptors (Lipinski definition) is 6. The molecule has 4 N–H and O–H groups in total. The van der Waals surface area contributed by atoms with E-state index in [4.69, 9.17) is 5.21 Å². The Kier molecular flexibility index (Phi) is 7.20. The molecule has 176 valence electrons. The van der Waals surface area contributed by atoms with E-state index in [2.05, 4.69) is 9.44 Å². The molecule has 3 rings (SSSR count). The lowest BCUT2D eigenvalue weighted by Gasteiger charge is -2.20. The Bertz CT molecular complexity index is 1390. The lowest BCUT2D eigenvalue weighted by Crippen LogP contribution is -2.52. The van der Waals surface area contributed by atoms with Crippen LogP contribution in [-0.2, 0) is 24.8 Å². The van der Waals surface area contributed by atoms with E-state index in [1.54, 1.807) is 62.4 Å². The maximum absolute atomic E-state index is 13.0. The zero-order valence-corrected chi connectivity index (χ0v) is 19.9. The number of benzene rings is 3. The van der Waals surface area contributed by atoms with Crippen molar-refractivity contribution in [2.24, 2.45) is 0 Å². The summed E-state index contributed by atoms with van der Waals surface area (Å²) in [4.78, 5) is 12.2. The molecule has 0 aliphatic rings. The first kappa shape index (κ1) is 24.8. The standard InChI is InChI=1S/C22H25N3O6S2/c1-14-11-15(2)21(16(3)12-14)33(30,31)25-19(22(26)24-27)13-23-32(28,29)20-10-6-8-17-7-4-5-9-18(17)20/h4-12,19,23,25,27H,13H2,1-3H3,(H,24,26). The molecule has 0 spiro atoms. The van der Waals surface area contributed by atoms with Crippen molar-refractivity contribution in [2.75, 3.05) is 6.54 Å². The Morgan fingerprint density at radius 3 is 2.15 bits per heavy atom. The van der Waals surface area contributed by atoms with Crippen molar-refractivity contribution >= 4 is 36.7 Å². The highest BCUT2D eigenvalue weighted by Crippen LogP contribution is 2.23. The van der Waals surface area contributed by atoms with Gasteiger partial charge in [0.15, 0.2) is 0 Å². The van der Waals surface area contributed by atoms with Crippen molar-refractivity contribution in [3.8, 4) is 0 Å². The molecule has 0 aliphatic heterocycles. The monoisotopic (exact) mass is 491 g/mol. The van der Waals surface area contributed by atoms with Gasteiger partial charge in [-0.05, 0) is 43.4 Å². The SMILES string of the molecule is Cc1cc(C)c(S(=O)(=O)NC(CNS(=O)(=O)c2cccc3ccccc23)C(=O)NO)c(C)c1. The summed E-state index contributed by atoms with van der Waals surface area (Å²) in [5.41, 5.74) is 3.20. The third-order valence-corrected chi connectivity index (χ3v) is 8.37. The molecule has 0 radical (unpaired) electrons. The van der Waals surface area contributed by atoms with Crippen molar-refractivity contribution in [2.45, 2.75) is 36.6 Å². The van der Waals surface area contributed by atoms with E-state index in [-0.39, 0.29) is 9.79 Å². The molecule has 11 heteroatoms. The maximum Gasteiger partial charge on any atom is 0.262 e. The predicted molar refractivity (Wildman–Crippen MR) is 124 cm³/mol. The van der Waals surface area contributed by atoms with Gasteiger partial charge in [0.1, 0.15) is 6.04 Å². The van der Waals surface area contributed by atoms with Gasteiger partial charge < -0.3 is 0 Å². The summed E-state index contributed by atoms with van der Waals surface area (Å²) >= 11 is 0. The van der Waals surface area contributed by atoms with Crippen molar-refractivity contribution in [1.29, 1.82) is 0 Å².